The number of nitrogens with zero attached hydrogens (tertiary/aromatic N) is 1. The quantitative estimate of drug-likeness (QED) is 0.769. The lowest BCUT2D eigenvalue weighted by molar-refractivity contribution is 0.0679. The van der Waals surface area contributed by atoms with Crippen LogP contribution in [0.3, 0.4) is 0 Å². The van der Waals surface area contributed by atoms with E-state index in [4.69, 9.17) is 11.6 Å². The van der Waals surface area contributed by atoms with Crippen LogP contribution < -0.4 is 5.32 Å². The van der Waals surface area contributed by atoms with Crippen LogP contribution in [0.5, 0.6) is 0 Å². The van der Waals surface area contributed by atoms with E-state index in [0.29, 0.717) is 21.2 Å². The van der Waals surface area contributed by atoms with E-state index in [1.54, 1.807) is 24.3 Å². The van der Waals surface area contributed by atoms with Gasteiger partial charge >= 0.3 is 0 Å². The lowest BCUT2D eigenvalue weighted by Crippen LogP contribution is -2.39. The number of amides is 2. The lowest BCUT2D eigenvalue weighted by Gasteiger charge is -2.33. The number of halogens is 1. The third kappa shape index (κ3) is 4.27. The van der Waals surface area contributed by atoms with E-state index in [0.717, 1.165) is 31.6 Å². The van der Waals surface area contributed by atoms with Crippen LogP contribution in [0.15, 0.2) is 35.7 Å². The summed E-state index contributed by atoms with van der Waals surface area (Å²) in [5, 5.41) is 5.06. The monoisotopic (exact) mass is 390 g/mol. The standard InChI is InChI=1S/C20H23ClN2O2S/c1-13-5-8-15(9-6-13)23(2)20(25)14-7-10-16(21)17(12-14)22-19(24)18-4-3-11-26-18/h3-4,7,10-13,15H,5-6,8-9H2,1-2H3,(H,22,24). The molecule has 1 N–H and O–H groups in total. The number of carbonyl (C=O) groups excluding carboxylic acids is 2. The van der Waals surface area contributed by atoms with Crippen LogP contribution in [0.1, 0.15) is 52.6 Å². The molecular weight excluding hydrogens is 368 g/mol. The van der Waals surface area contributed by atoms with Gasteiger partial charge in [-0.3, -0.25) is 9.59 Å². The van der Waals surface area contributed by atoms with Gasteiger partial charge in [0.15, 0.2) is 0 Å². The van der Waals surface area contributed by atoms with E-state index in [1.165, 1.54) is 11.3 Å². The Hall–Kier alpha value is -1.85. The second kappa shape index (κ2) is 8.23. The van der Waals surface area contributed by atoms with Crippen molar-refractivity contribution in [1.29, 1.82) is 0 Å². The number of benzene rings is 1. The molecule has 2 amide bonds. The smallest absolute Gasteiger partial charge is 0.265 e. The summed E-state index contributed by atoms with van der Waals surface area (Å²) in [4.78, 5) is 27.6. The Morgan fingerprint density at radius 2 is 1.92 bits per heavy atom. The number of nitrogens with one attached hydrogen (secondary N) is 1. The summed E-state index contributed by atoms with van der Waals surface area (Å²) in [7, 11) is 1.86. The second-order valence-electron chi connectivity index (χ2n) is 6.96. The molecule has 3 rings (SSSR count). The van der Waals surface area contributed by atoms with Gasteiger partial charge in [-0.2, -0.15) is 0 Å². The van der Waals surface area contributed by atoms with E-state index < -0.39 is 0 Å². The molecular formula is C20H23ClN2O2S. The molecule has 1 aromatic heterocycles. The predicted octanol–water partition coefficient (Wildman–Crippen LogP) is 5.30. The molecule has 0 radical (unpaired) electrons. The molecule has 26 heavy (non-hydrogen) atoms. The number of hydrogen-bond acceptors (Lipinski definition) is 3. The lowest BCUT2D eigenvalue weighted by atomic mass is 9.86. The molecule has 1 heterocycles. The maximum atomic E-state index is 12.9. The van der Waals surface area contributed by atoms with Crippen molar-refractivity contribution in [2.75, 3.05) is 12.4 Å². The van der Waals surface area contributed by atoms with Gasteiger partial charge in [0.2, 0.25) is 0 Å². The van der Waals surface area contributed by atoms with Crippen LogP contribution >= 0.6 is 22.9 Å². The Labute approximate surface area is 163 Å². The van der Waals surface area contributed by atoms with E-state index in [-0.39, 0.29) is 17.9 Å². The average molecular weight is 391 g/mol. The summed E-state index contributed by atoms with van der Waals surface area (Å²) in [6.07, 6.45) is 4.40. The van der Waals surface area contributed by atoms with Crippen LogP contribution in [-0.2, 0) is 0 Å². The van der Waals surface area contributed by atoms with Crippen LogP contribution in [0.4, 0.5) is 5.69 Å². The zero-order chi connectivity index (χ0) is 18.7. The van der Waals surface area contributed by atoms with E-state index in [2.05, 4.69) is 12.2 Å². The molecule has 1 aromatic carbocycles. The van der Waals surface area contributed by atoms with Gasteiger partial charge < -0.3 is 10.2 Å². The van der Waals surface area contributed by atoms with Crippen molar-refractivity contribution < 1.29 is 9.59 Å². The van der Waals surface area contributed by atoms with Gasteiger partial charge in [-0.15, -0.1) is 11.3 Å². The minimum absolute atomic E-state index is 0.0344. The molecule has 138 valence electrons. The van der Waals surface area contributed by atoms with Crippen molar-refractivity contribution in [3.05, 3.63) is 51.2 Å². The first-order valence-electron chi connectivity index (χ1n) is 8.87. The summed E-state index contributed by atoms with van der Waals surface area (Å²) >= 11 is 7.57. The zero-order valence-electron chi connectivity index (χ0n) is 15.0. The van der Waals surface area contributed by atoms with Crippen LogP contribution in [0, 0.1) is 5.92 Å². The molecule has 0 saturated heterocycles. The fourth-order valence-corrected chi connectivity index (χ4v) is 4.13. The van der Waals surface area contributed by atoms with Gasteiger partial charge in [-0.1, -0.05) is 24.6 Å². The molecule has 0 atom stereocenters. The number of thiophene rings is 1. The third-order valence-electron chi connectivity index (χ3n) is 5.06. The minimum Gasteiger partial charge on any atom is -0.339 e. The molecule has 0 spiro atoms. The number of rotatable bonds is 4. The number of hydrogen-bond donors (Lipinski definition) is 1. The summed E-state index contributed by atoms with van der Waals surface area (Å²) in [5.41, 5.74) is 0.999. The SMILES string of the molecule is CC1CCC(N(C)C(=O)c2ccc(Cl)c(NC(=O)c3cccs3)c2)CC1. The number of anilines is 1. The predicted molar refractivity (Wildman–Crippen MR) is 107 cm³/mol. The first-order valence-corrected chi connectivity index (χ1v) is 10.1. The largest absolute Gasteiger partial charge is 0.339 e. The summed E-state index contributed by atoms with van der Waals surface area (Å²) in [6.45, 7) is 2.26. The second-order valence-corrected chi connectivity index (χ2v) is 8.31. The van der Waals surface area contributed by atoms with Crippen LogP contribution in [0.2, 0.25) is 5.02 Å². The molecule has 0 unspecified atom stereocenters. The van der Waals surface area contributed by atoms with Crippen molar-refractivity contribution in [3.8, 4) is 0 Å². The molecule has 2 aromatic rings. The normalized spacial score (nSPS) is 19.8. The first kappa shape index (κ1) is 18.9. The van der Waals surface area contributed by atoms with Crippen LogP contribution in [0.25, 0.3) is 0 Å². The van der Waals surface area contributed by atoms with Gasteiger partial charge in [0.1, 0.15) is 0 Å². The van der Waals surface area contributed by atoms with Gasteiger partial charge in [-0.25, -0.2) is 0 Å². The summed E-state index contributed by atoms with van der Waals surface area (Å²) in [6, 6.07) is 8.89. The maximum Gasteiger partial charge on any atom is 0.265 e. The maximum absolute atomic E-state index is 12.9. The highest BCUT2D eigenvalue weighted by Gasteiger charge is 2.26. The molecule has 4 nitrogen and oxygen atoms in total. The molecule has 6 heteroatoms. The van der Waals surface area contributed by atoms with Crippen molar-refractivity contribution in [1.82, 2.24) is 4.90 Å². The van der Waals surface area contributed by atoms with Gasteiger partial charge in [0, 0.05) is 18.7 Å². The zero-order valence-corrected chi connectivity index (χ0v) is 16.6. The van der Waals surface area contributed by atoms with Crippen molar-refractivity contribution in [3.63, 3.8) is 0 Å². The molecule has 0 bridgehead atoms. The summed E-state index contributed by atoms with van der Waals surface area (Å²) < 4.78 is 0. The topological polar surface area (TPSA) is 49.4 Å². The fourth-order valence-electron chi connectivity index (χ4n) is 3.35. The van der Waals surface area contributed by atoms with Gasteiger partial charge in [0.25, 0.3) is 11.8 Å². The summed E-state index contributed by atoms with van der Waals surface area (Å²) in [5.74, 6) is 0.485. The Balaban J connectivity index is 1.73. The number of carbonyl (C=O) groups is 2. The average Bonchev–Trinajstić information content (AvgIpc) is 3.18. The Morgan fingerprint density at radius 1 is 1.19 bits per heavy atom. The first-order chi connectivity index (χ1) is 12.5. The van der Waals surface area contributed by atoms with E-state index in [9.17, 15) is 9.59 Å². The molecule has 1 aliphatic carbocycles. The Bertz CT molecular complexity index is 783. The van der Waals surface area contributed by atoms with Crippen molar-refractivity contribution in [2.24, 2.45) is 5.92 Å². The highest BCUT2D eigenvalue weighted by atomic mass is 35.5. The van der Waals surface area contributed by atoms with Gasteiger partial charge in [0.05, 0.1) is 15.6 Å². The fraction of sp³-hybridized carbons (Fsp3) is 0.400. The third-order valence-corrected chi connectivity index (χ3v) is 6.26. The van der Waals surface area contributed by atoms with Crippen molar-refractivity contribution in [2.45, 2.75) is 38.6 Å². The van der Waals surface area contributed by atoms with E-state index in [1.807, 2.05) is 23.4 Å². The van der Waals surface area contributed by atoms with Crippen molar-refractivity contribution >= 4 is 40.4 Å². The molecule has 1 aliphatic rings. The Kier molecular flexibility index (Phi) is 5.99. The minimum atomic E-state index is -0.221. The van der Waals surface area contributed by atoms with E-state index >= 15 is 0 Å². The molecule has 0 aliphatic heterocycles. The Morgan fingerprint density at radius 3 is 2.58 bits per heavy atom. The molecule has 1 fully saturated rings. The van der Waals surface area contributed by atoms with Gasteiger partial charge in [-0.05, 0) is 61.2 Å². The van der Waals surface area contributed by atoms with Crippen LogP contribution in [-0.4, -0.2) is 29.8 Å². The highest BCUT2D eigenvalue weighted by molar-refractivity contribution is 7.12. The molecule has 1 saturated carbocycles. The highest BCUT2D eigenvalue weighted by Crippen LogP contribution is 2.29.